The summed E-state index contributed by atoms with van der Waals surface area (Å²) >= 11 is 0. The van der Waals surface area contributed by atoms with Crippen molar-refractivity contribution < 1.29 is 28.4 Å². The number of carbonyl (C=O) groups is 2. The summed E-state index contributed by atoms with van der Waals surface area (Å²) in [5, 5.41) is 18.8. The Morgan fingerprint density at radius 3 is 2.52 bits per heavy atom. The van der Waals surface area contributed by atoms with Gasteiger partial charge in [0.2, 0.25) is 0 Å². The predicted molar refractivity (Wildman–Crippen MR) is 120 cm³/mol. The number of nitrogens with one attached hydrogen (secondary N) is 1. The van der Waals surface area contributed by atoms with E-state index >= 15 is 0 Å². The van der Waals surface area contributed by atoms with Crippen LogP contribution in [0.15, 0.2) is 65.4 Å². The van der Waals surface area contributed by atoms with E-state index < -0.39 is 11.7 Å². The molecular formula is C25H26N3O5+. The molecule has 2 aromatic carbocycles. The molecule has 0 radical (unpaired) electrons. The Bertz CT molecular complexity index is 1130. The zero-order chi connectivity index (χ0) is 23.1. The van der Waals surface area contributed by atoms with Crippen molar-refractivity contribution in [3.63, 3.8) is 0 Å². The Kier molecular flexibility index (Phi) is 5.26. The zero-order valence-electron chi connectivity index (χ0n) is 18.3. The van der Waals surface area contributed by atoms with Gasteiger partial charge in [0.1, 0.15) is 12.3 Å². The number of anilines is 1. The SMILES string of the molecule is C[N+]1(CC(=O)Nc2ccon2)CCCC1C(OC=O)C1(O)c2ccccc2-c2ccccc21. The number of nitrogens with zero attached hydrogens (tertiary/aromatic N) is 2. The molecule has 1 saturated heterocycles. The quantitative estimate of drug-likeness (QED) is 0.426. The van der Waals surface area contributed by atoms with E-state index in [-0.39, 0.29) is 18.5 Å². The van der Waals surface area contributed by atoms with Crippen LogP contribution in [0.3, 0.4) is 0 Å². The van der Waals surface area contributed by atoms with E-state index in [0.29, 0.717) is 34.3 Å². The van der Waals surface area contributed by atoms with Gasteiger partial charge in [0, 0.05) is 18.9 Å². The standard InChI is InChI=1S/C25H25N3O5/c1-28(15-23(30)26-22-12-14-33-27-22)13-6-11-21(28)24(32-16-29)25(31)19-9-4-2-7-17(19)18-8-3-5-10-20(18)25/h2-5,7-10,12,14,16,21,24,31H,6,11,13,15H2,1H3/p+1. The molecule has 2 aliphatic rings. The zero-order valence-corrected chi connectivity index (χ0v) is 18.3. The number of hydrogen-bond acceptors (Lipinski definition) is 6. The maximum atomic E-state index is 12.8. The van der Waals surface area contributed by atoms with E-state index in [1.165, 1.54) is 6.26 Å². The molecule has 170 valence electrons. The molecule has 3 atom stereocenters. The Balaban J connectivity index is 1.53. The van der Waals surface area contributed by atoms with Crippen molar-refractivity contribution in [3.05, 3.63) is 72.0 Å². The van der Waals surface area contributed by atoms with Crippen LogP contribution < -0.4 is 5.32 Å². The number of aliphatic hydroxyl groups is 1. The lowest BCUT2D eigenvalue weighted by molar-refractivity contribution is -0.917. The van der Waals surface area contributed by atoms with Gasteiger partial charge >= 0.3 is 0 Å². The molecule has 8 nitrogen and oxygen atoms in total. The number of fused-ring (bicyclic) bond motifs is 3. The molecule has 2 N–H and O–H groups in total. The average molecular weight is 448 g/mol. The number of rotatable bonds is 7. The van der Waals surface area contributed by atoms with Crippen LogP contribution in [0.5, 0.6) is 0 Å². The summed E-state index contributed by atoms with van der Waals surface area (Å²) in [7, 11) is 1.97. The second-order valence-electron chi connectivity index (χ2n) is 9.01. The molecule has 8 heteroatoms. The lowest BCUT2D eigenvalue weighted by atomic mass is 9.81. The van der Waals surface area contributed by atoms with Gasteiger partial charge in [-0.15, -0.1) is 0 Å². The topological polar surface area (TPSA) is 102 Å². The van der Waals surface area contributed by atoms with Crippen LogP contribution in [-0.2, 0) is 19.9 Å². The summed E-state index contributed by atoms with van der Waals surface area (Å²) in [5.74, 6) is 0.127. The number of likely N-dealkylation sites (N-methyl/N-ethyl adjacent to an activating group) is 1. The molecular weight excluding hydrogens is 422 g/mol. The maximum absolute atomic E-state index is 12.8. The molecule has 0 bridgehead atoms. The van der Waals surface area contributed by atoms with Gasteiger partial charge in [-0.05, 0) is 22.3 Å². The van der Waals surface area contributed by atoms with Crippen molar-refractivity contribution in [2.45, 2.75) is 30.6 Å². The van der Waals surface area contributed by atoms with E-state index in [9.17, 15) is 14.7 Å². The monoisotopic (exact) mass is 448 g/mol. The maximum Gasteiger partial charge on any atom is 0.293 e. The first-order chi connectivity index (χ1) is 16.0. The van der Waals surface area contributed by atoms with E-state index in [1.54, 1.807) is 6.07 Å². The van der Waals surface area contributed by atoms with Gasteiger partial charge in [-0.1, -0.05) is 53.7 Å². The molecule has 1 fully saturated rings. The first-order valence-corrected chi connectivity index (χ1v) is 11.0. The van der Waals surface area contributed by atoms with E-state index in [4.69, 9.17) is 9.26 Å². The largest absolute Gasteiger partial charge is 0.454 e. The van der Waals surface area contributed by atoms with Gasteiger partial charge in [-0.25, -0.2) is 0 Å². The van der Waals surface area contributed by atoms with E-state index in [1.807, 2.05) is 55.6 Å². The Morgan fingerprint density at radius 1 is 1.24 bits per heavy atom. The molecule has 0 spiro atoms. The predicted octanol–water partition coefficient (Wildman–Crippen LogP) is 2.68. The van der Waals surface area contributed by atoms with E-state index in [2.05, 4.69) is 10.5 Å². The molecule has 1 aliphatic heterocycles. The lowest BCUT2D eigenvalue weighted by Gasteiger charge is -2.43. The first-order valence-electron chi connectivity index (χ1n) is 11.0. The van der Waals surface area contributed by atoms with Crippen molar-refractivity contribution in [2.24, 2.45) is 0 Å². The third-order valence-corrected chi connectivity index (χ3v) is 7.11. The van der Waals surface area contributed by atoms with Crippen molar-refractivity contribution >= 4 is 18.2 Å². The fraction of sp³-hybridized carbons (Fsp3) is 0.320. The molecule has 1 aromatic heterocycles. The third-order valence-electron chi connectivity index (χ3n) is 7.11. The van der Waals surface area contributed by atoms with Gasteiger partial charge in [0.25, 0.3) is 12.4 Å². The number of hydrogen-bond donors (Lipinski definition) is 2. The highest BCUT2D eigenvalue weighted by atomic mass is 16.5. The highest BCUT2D eigenvalue weighted by Gasteiger charge is 2.58. The molecule has 33 heavy (non-hydrogen) atoms. The summed E-state index contributed by atoms with van der Waals surface area (Å²) in [6.45, 7) is 1.27. The van der Waals surface area contributed by atoms with Crippen molar-refractivity contribution in [1.29, 1.82) is 0 Å². The minimum absolute atomic E-state index is 0.148. The van der Waals surface area contributed by atoms with Crippen LogP contribution >= 0.6 is 0 Å². The van der Waals surface area contributed by atoms with Crippen LogP contribution in [0.1, 0.15) is 24.0 Å². The van der Waals surface area contributed by atoms with Crippen molar-refractivity contribution in [1.82, 2.24) is 5.16 Å². The lowest BCUT2D eigenvalue weighted by Crippen LogP contribution is -2.61. The summed E-state index contributed by atoms with van der Waals surface area (Å²) < 4.78 is 10.8. The number of benzene rings is 2. The number of quaternary nitrogens is 1. The second-order valence-corrected chi connectivity index (χ2v) is 9.01. The van der Waals surface area contributed by atoms with Crippen LogP contribution in [-0.4, -0.2) is 59.4 Å². The molecule has 3 unspecified atom stereocenters. The van der Waals surface area contributed by atoms with Gasteiger partial charge in [0.15, 0.2) is 24.1 Å². The number of amides is 1. The van der Waals surface area contributed by atoms with E-state index in [0.717, 1.165) is 24.1 Å². The summed E-state index contributed by atoms with van der Waals surface area (Å²) in [6.07, 6.45) is 2.07. The van der Waals surface area contributed by atoms with Crippen molar-refractivity contribution in [3.8, 4) is 11.1 Å². The Labute approximate surface area is 191 Å². The van der Waals surface area contributed by atoms with Crippen LogP contribution in [0.2, 0.25) is 0 Å². The summed E-state index contributed by atoms with van der Waals surface area (Å²) in [5.41, 5.74) is 1.75. The molecule has 0 saturated carbocycles. The first kappa shape index (κ1) is 21.4. The minimum atomic E-state index is -1.52. The summed E-state index contributed by atoms with van der Waals surface area (Å²) in [6, 6.07) is 16.6. The Morgan fingerprint density at radius 2 is 1.91 bits per heavy atom. The van der Waals surface area contributed by atoms with Gasteiger partial charge in [0.05, 0.1) is 13.6 Å². The number of carbonyl (C=O) groups excluding carboxylic acids is 2. The number of likely N-dealkylation sites (tertiary alicyclic amines) is 1. The molecule has 3 aromatic rings. The molecule has 1 aliphatic carbocycles. The summed E-state index contributed by atoms with van der Waals surface area (Å²) in [4.78, 5) is 24.5. The number of ether oxygens (including phenoxy) is 1. The third kappa shape index (κ3) is 3.42. The van der Waals surface area contributed by atoms with Crippen LogP contribution in [0, 0.1) is 0 Å². The number of aromatic nitrogens is 1. The van der Waals surface area contributed by atoms with Gasteiger partial charge in [-0.3, -0.25) is 9.59 Å². The van der Waals surface area contributed by atoms with Gasteiger partial charge in [-0.2, -0.15) is 0 Å². The fourth-order valence-corrected chi connectivity index (χ4v) is 5.68. The van der Waals surface area contributed by atoms with Gasteiger partial charge < -0.3 is 24.2 Å². The molecule has 1 amide bonds. The Hall–Kier alpha value is -3.49. The average Bonchev–Trinajstić information content (AvgIpc) is 3.51. The van der Waals surface area contributed by atoms with Crippen LogP contribution in [0.25, 0.3) is 11.1 Å². The highest BCUT2D eigenvalue weighted by Crippen LogP contribution is 2.52. The fourth-order valence-electron chi connectivity index (χ4n) is 5.68. The van der Waals surface area contributed by atoms with Crippen LogP contribution in [0.4, 0.5) is 5.82 Å². The van der Waals surface area contributed by atoms with Crippen molar-refractivity contribution in [2.75, 3.05) is 25.5 Å². The highest BCUT2D eigenvalue weighted by molar-refractivity contribution is 5.90. The second kappa shape index (κ2) is 8.13. The molecule has 2 heterocycles. The molecule has 5 rings (SSSR count). The smallest absolute Gasteiger partial charge is 0.293 e. The minimum Gasteiger partial charge on any atom is -0.454 e. The normalized spacial score (nSPS) is 23.4.